The van der Waals surface area contributed by atoms with Crippen molar-refractivity contribution < 1.29 is 9.90 Å². The number of rotatable bonds is 3. The summed E-state index contributed by atoms with van der Waals surface area (Å²) in [4.78, 5) is 14.9. The molecular formula is C17H25N3O2. The zero-order chi connectivity index (χ0) is 15.2. The summed E-state index contributed by atoms with van der Waals surface area (Å²) in [6.07, 6.45) is 11.4. The van der Waals surface area contributed by atoms with Crippen LogP contribution in [-0.4, -0.2) is 44.3 Å². The number of amides is 1. The van der Waals surface area contributed by atoms with Crippen LogP contribution < -0.4 is 0 Å². The Bertz CT molecular complexity index is 558. The van der Waals surface area contributed by atoms with Crippen LogP contribution in [0.2, 0.25) is 0 Å². The molecule has 1 amide bonds. The van der Waals surface area contributed by atoms with E-state index in [4.69, 9.17) is 0 Å². The zero-order valence-electron chi connectivity index (χ0n) is 13.1. The summed E-state index contributed by atoms with van der Waals surface area (Å²) in [7, 11) is 0. The summed E-state index contributed by atoms with van der Waals surface area (Å²) < 4.78 is 0. The molecule has 1 unspecified atom stereocenters. The average Bonchev–Trinajstić information content (AvgIpc) is 3.02. The Hall–Kier alpha value is -1.36. The highest BCUT2D eigenvalue weighted by molar-refractivity contribution is 5.95. The lowest BCUT2D eigenvalue weighted by Gasteiger charge is -2.29. The SMILES string of the molecule is O=C(c1cn[nH]c1C1CCCCC1)N1CCCC1C1(O)CC1. The van der Waals surface area contributed by atoms with E-state index in [-0.39, 0.29) is 11.9 Å². The molecule has 1 atom stereocenters. The van der Waals surface area contributed by atoms with Crippen LogP contribution in [0.15, 0.2) is 6.20 Å². The van der Waals surface area contributed by atoms with Crippen molar-refractivity contribution in [2.45, 2.75) is 75.3 Å². The van der Waals surface area contributed by atoms with Gasteiger partial charge in [0.05, 0.1) is 29.1 Å². The van der Waals surface area contributed by atoms with Gasteiger partial charge in [-0.05, 0) is 38.5 Å². The minimum atomic E-state index is -0.610. The molecule has 4 rings (SSSR count). The number of carbonyl (C=O) groups is 1. The zero-order valence-corrected chi connectivity index (χ0v) is 13.1. The van der Waals surface area contributed by atoms with E-state index in [2.05, 4.69) is 10.2 Å². The minimum Gasteiger partial charge on any atom is -0.388 e. The first kappa shape index (κ1) is 14.2. The third-order valence-corrected chi connectivity index (χ3v) is 5.81. The van der Waals surface area contributed by atoms with Crippen molar-refractivity contribution >= 4 is 5.91 Å². The normalized spacial score (nSPS) is 28.0. The number of likely N-dealkylation sites (tertiary alicyclic amines) is 1. The number of nitrogens with one attached hydrogen (secondary N) is 1. The molecule has 0 radical (unpaired) electrons. The number of aromatic amines is 1. The van der Waals surface area contributed by atoms with Gasteiger partial charge in [0.1, 0.15) is 0 Å². The van der Waals surface area contributed by atoms with Crippen molar-refractivity contribution in [3.8, 4) is 0 Å². The minimum absolute atomic E-state index is 0.00843. The molecule has 5 heteroatoms. The molecule has 2 N–H and O–H groups in total. The number of H-pyrrole nitrogens is 1. The van der Waals surface area contributed by atoms with Gasteiger partial charge in [-0.15, -0.1) is 0 Å². The van der Waals surface area contributed by atoms with E-state index in [1.165, 1.54) is 19.3 Å². The lowest BCUT2D eigenvalue weighted by molar-refractivity contribution is 0.0385. The van der Waals surface area contributed by atoms with Crippen molar-refractivity contribution in [2.24, 2.45) is 0 Å². The summed E-state index contributed by atoms with van der Waals surface area (Å²) in [6.45, 7) is 0.765. The van der Waals surface area contributed by atoms with Gasteiger partial charge in [0, 0.05) is 12.5 Å². The third kappa shape index (κ3) is 2.35. The molecule has 1 saturated heterocycles. The van der Waals surface area contributed by atoms with Gasteiger partial charge in [0.25, 0.3) is 5.91 Å². The van der Waals surface area contributed by atoms with E-state index in [1.807, 2.05) is 4.90 Å². The Morgan fingerprint density at radius 1 is 1.23 bits per heavy atom. The lowest BCUT2D eigenvalue weighted by atomic mass is 9.85. The predicted octanol–water partition coefficient (Wildman–Crippen LogP) is 2.59. The smallest absolute Gasteiger partial charge is 0.257 e. The van der Waals surface area contributed by atoms with Crippen LogP contribution in [0, 0.1) is 0 Å². The van der Waals surface area contributed by atoms with Crippen molar-refractivity contribution in [2.75, 3.05) is 6.54 Å². The molecule has 3 aliphatic rings. The number of nitrogens with zero attached hydrogens (tertiary/aromatic N) is 2. The standard InChI is InChI=1S/C17H25N3O2/c21-16(20-10-4-7-14(20)17(22)8-9-17)13-11-18-19-15(13)12-5-2-1-3-6-12/h11-12,14,22H,1-10H2,(H,18,19). The van der Waals surface area contributed by atoms with Crippen LogP contribution in [0.3, 0.4) is 0 Å². The van der Waals surface area contributed by atoms with E-state index >= 15 is 0 Å². The van der Waals surface area contributed by atoms with Crippen molar-refractivity contribution in [1.29, 1.82) is 0 Å². The number of aromatic nitrogens is 2. The maximum Gasteiger partial charge on any atom is 0.257 e. The van der Waals surface area contributed by atoms with Crippen LogP contribution in [0.5, 0.6) is 0 Å². The number of hydrogen-bond acceptors (Lipinski definition) is 3. The molecule has 120 valence electrons. The fourth-order valence-electron chi connectivity index (χ4n) is 4.35. The Morgan fingerprint density at radius 3 is 2.73 bits per heavy atom. The van der Waals surface area contributed by atoms with E-state index in [0.29, 0.717) is 5.92 Å². The highest BCUT2D eigenvalue weighted by atomic mass is 16.3. The van der Waals surface area contributed by atoms with Crippen LogP contribution in [0.4, 0.5) is 0 Å². The number of carbonyl (C=O) groups excluding carboxylic acids is 1. The molecular weight excluding hydrogens is 278 g/mol. The molecule has 0 bridgehead atoms. The molecule has 2 saturated carbocycles. The number of hydrogen-bond donors (Lipinski definition) is 2. The van der Waals surface area contributed by atoms with Crippen molar-refractivity contribution in [1.82, 2.24) is 15.1 Å². The van der Waals surface area contributed by atoms with E-state index in [0.717, 1.165) is 56.3 Å². The largest absolute Gasteiger partial charge is 0.388 e. The average molecular weight is 303 g/mol. The molecule has 0 spiro atoms. The summed E-state index contributed by atoms with van der Waals surface area (Å²) in [6, 6.07) is 0.00843. The summed E-state index contributed by atoms with van der Waals surface area (Å²) in [5, 5.41) is 17.7. The molecule has 5 nitrogen and oxygen atoms in total. The van der Waals surface area contributed by atoms with Crippen LogP contribution in [-0.2, 0) is 0 Å². The first-order chi connectivity index (χ1) is 10.7. The second kappa shape index (κ2) is 5.37. The maximum absolute atomic E-state index is 13.0. The Balaban J connectivity index is 1.56. The van der Waals surface area contributed by atoms with Gasteiger partial charge >= 0.3 is 0 Å². The topological polar surface area (TPSA) is 69.2 Å². The highest BCUT2D eigenvalue weighted by Gasteiger charge is 2.53. The fourth-order valence-corrected chi connectivity index (χ4v) is 4.35. The highest BCUT2D eigenvalue weighted by Crippen LogP contribution is 2.45. The second-order valence-corrected chi connectivity index (χ2v) is 7.29. The second-order valence-electron chi connectivity index (χ2n) is 7.29. The first-order valence-electron chi connectivity index (χ1n) is 8.76. The van der Waals surface area contributed by atoms with Gasteiger partial charge in [-0.1, -0.05) is 19.3 Å². The molecule has 2 aliphatic carbocycles. The van der Waals surface area contributed by atoms with Gasteiger partial charge in [0.15, 0.2) is 0 Å². The summed E-state index contributed by atoms with van der Waals surface area (Å²) >= 11 is 0. The van der Waals surface area contributed by atoms with Gasteiger partial charge in [-0.25, -0.2) is 0 Å². The maximum atomic E-state index is 13.0. The number of aliphatic hydroxyl groups is 1. The van der Waals surface area contributed by atoms with Crippen molar-refractivity contribution in [3.63, 3.8) is 0 Å². The summed E-state index contributed by atoms with van der Waals surface area (Å²) in [5.41, 5.74) is 1.15. The van der Waals surface area contributed by atoms with Gasteiger partial charge < -0.3 is 10.0 Å². The van der Waals surface area contributed by atoms with E-state index < -0.39 is 5.60 Å². The molecule has 1 aliphatic heterocycles. The molecule has 22 heavy (non-hydrogen) atoms. The molecule has 3 fully saturated rings. The Labute approximate surface area is 131 Å². The summed E-state index contributed by atoms with van der Waals surface area (Å²) in [5.74, 6) is 0.511. The molecule has 1 aromatic rings. The predicted molar refractivity (Wildman–Crippen MR) is 82.7 cm³/mol. The van der Waals surface area contributed by atoms with Gasteiger partial charge in [0.2, 0.25) is 0 Å². The molecule has 2 heterocycles. The van der Waals surface area contributed by atoms with Crippen LogP contribution in [0.25, 0.3) is 0 Å². The quantitative estimate of drug-likeness (QED) is 0.901. The van der Waals surface area contributed by atoms with Crippen LogP contribution in [0.1, 0.15) is 79.8 Å². The third-order valence-electron chi connectivity index (χ3n) is 5.81. The first-order valence-corrected chi connectivity index (χ1v) is 8.76. The van der Waals surface area contributed by atoms with Crippen molar-refractivity contribution in [3.05, 3.63) is 17.5 Å². The fraction of sp³-hybridized carbons (Fsp3) is 0.765. The van der Waals surface area contributed by atoms with Gasteiger partial charge in [-0.2, -0.15) is 5.10 Å². The Morgan fingerprint density at radius 2 is 2.00 bits per heavy atom. The monoisotopic (exact) mass is 303 g/mol. The lowest BCUT2D eigenvalue weighted by Crippen LogP contribution is -2.44. The van der Waals surface area contributed by atoms with Gasteiger partial charge in [-0.3, -0.25) is 9.89 Å². The molecule has 0 aromatic carbocycles. The molecule has 1 aromatic heterocycles. The van der Waals surface area contributed by atoms with E-state index in [1.54, 1.807) is 6.20 Å². The van der Waals surface area contributed by atoms with E-state index in [9.17, 15) is 9.90 Å². The van der Waals surface area contributed by atoms with Crippen LogP contribution >= 0.6 is 0 Å². The Kier molecular flexibility index (Phi) is 3.48.